The van der Waals surface area contributed by atoms with Crippen molar-refractivity contribution in [2.24, 2.45) is 5.92 Å². The number of Topliss-reactive ketones (excluding diaryl/α,β-unsaturated/α-hetero) is 2. The first-order chi connectivity index (χ1) is 11.6. The minimum absolute atomic E-state index is 0.328. The van der Waals surface area contributed by atoms with E-state index in [-0.39, 0.29) is 11.7 Å². The summed E-state index contributed by atoms with van der Waals surface area (Å²) in [7, 11) is 1.97. The summed E-state index contributed by atoms with van der Waals surface area (Å²) < 4.78 is 0. The molecule has 1 aromatic carbocycles. The van der Waals surface area contributed by atoms with E-state index in [9.17, 15) is 9.59 Å². The fourth-order valence-electron chi connectivity index (χ4n) is 3.27. The van der Waals surface area contributed by atoms with Crippen LogP contribution < -0.4 is 4.90 Å². The molecule has 24 heavy (non-hydrogen) atoms. The SMILES string of the molecule is CN(Cc1nc2c([nH]1)C(=O)C(=O)C1CC=CC=C21)c1ccccc1. The second kappa shape index (κ2) is 5.60. The predicted molar refractivity (Wildman–Crippen MR) is 91.7 cm³/mol. The van der Waals surface area contributed by atoms with Gasteiger partial charge in [-0.05, 0) is 24.1 Å². The zero-order valence-corrected chi connectivity index (χ0v) is 13.3. The van der Waals surface area contributed by atoms with Crippen LogP contribution >= 0.6 is 0 Å². The number of nitrogens with zero attached hydrogens (tertiary/aromatic N) is 2. The van der Waals surface area contributed by atoms with Crippen molar-refractivity contribution in [1.82, 2.24) is 9.97 Å². The number of fused-ring (bicyclic) bond motifs is 3. The van der Waals surface area contributed by atoms with Crippen LogP contribution in [0.2, 0.25) is 0 Å². The lowest BCUT2D eigenvalue weighted by atomic mass is 9.79. The maximum absolute atomic E-state index is 12.4. The molecule has 5 heteroatoms. The highest BCUT2D eigenvalue weighted by molar-refractivity contribution is 6.47. The van der Waals surface area contributed by atoms with Crippen molar-refractivity contribution in [1.29, 1.82) is 0 Å². The minimum atomic E-state index is -0.455. The number of hydrogen-bond donors (Lipinski definition) is 1. The Balaban J connectivity index is 1.68. The molecule has 120 valence electrons. The normalized spacial score (nSPS) is 18.9. The molecule has 0 saturated heterocycles. The van der Waals surface area contributed by atoms with Gasteiger partial charge in [0.25, 0.3) is 0 Å². The van der Waals surface area contributed by atoms with Gasteiger partial charge in [-0.3, -0.25) is 9.59 Å². The Morgan fingerprint density at radius 1 is 1.25 bits per heavy atom. The van der Waals surface area contributed by atoms with Gasteiger partial charge < -0.3 is 9.88 Å². The lowest BCUT2D eigenvalue weighted by Crippen LogP contribution is -2.31. The highest BCUT2D eigenvalue weighted by Gasteiger charge is 2.39. The standard InChI is InChI=1S/C19H17N3O2/c1-22(12-7-3-2-4-8-12)11-15-20-16-13-9-5-6-10-14(13)18(23)19(24)17(16)21-15/h2-9,14H,10-11H2,1H3,(H,20,21). The Labute approximate surface area is 139 Å². The largest absolute Gasteiger partial charge is 0.367 e. The number of hydrogen-bond acceptors (Lipinski definition) is 4. The fraction of sp³-hybridized carbons (Fsp3) is 0.211. The summed E-state index contributed by atoms with van der Waals surface area (Å²) >= 11 is 0. The van der Waals surface area contributed by atoms with E-state index in [1.165, 1.54) is 0 Å². The second-order valence-corrected chi connectivity index (χ2v) is 6.13. The molecule has 1 N–H and O–H groups in total. The number of H-pyrrole nitrogens is 1. The number of imidazole rings is 1. The van der Waals surface area contributed by atoms with E-state index < -0.39 is 5.78 Å². The molecule has 0 fully saturated rings. The Morgan fingerprint density at radius 3 is 2.83 bits per heavy atom. The summed E-state index contributed by atoms with van der Waals surface area (Å²) in [4.78, 5) is 34.4. The Hall–Kier alpha value is -2.95. The molecule has 0 aliphatic heterocycles. The van der Waals surface area contributed by atoms with Crippen LogP contribution in [-0.2, 0) is 11.3 Å². The molecule has 0 amide bonds. The molecular formula is C19H17N3O2. The molecule has 1 unspecified atom stereocenters. The number of para-hydroxylation sites is 1. The van der Waals surface area contributed by atoms with Gasteiger partial charge in [0.1, 0.15) is 11.5 Å². The van der Waals surface area contributed by atoms with E-state index in [0.29, 0.717) is 30.2 Å². The van der Waals surface area contributed by atoms with Crippen LogP contribution in [0.1, 0.15) is 28.4 Å². The van der Waals surface area contributed by atoms with E-state index in [1.807, 2.05) is 60.5 Å². The molecule has 0 saturated carbocycles. The van der Waals surface area contributed by atoms with Gasteiger partial charge in [0.2, 0.25) is 11.6 Å². The maximum atomic E-state index is 12.4. The third-order valence-corrected chi connectivity index (χ3v) is 4.54. The summed E-state index contributed by atoms with van der Waals surface area (Å²) in [6, 6.07) is 9.95. The maximum Gasteiger partial charge on any atom is 0.247 e. The number of aromatic amines is 1. The highest BCUT2D eigenvalue weighted by atomic mass is 16.2. The van der Waals surface area contributed by atoms with Gasteiger partial charge in [-0.2, -0.15) is 0 Å². The number of anilines is 1. The van der Waals surface area contributed by atoms with E-state index in [1.54, 1.807) is 0 Å². The number of aromatic nitrogens is 2. The van der Waals surface area contributed by atoms with Crippen LogP contribution in [0.15, 0.2) is 48.6 Å². The van der Waals surface area contributed by atoms with Gasteiger partial charge >= 0.3 is 0 Å². The molecule has 0 spiro atoms. The summed E-state index contributed by atoms with van der Waals surface area (Å²) in [5, 5.41) is 0. The topological polar surface area (TPSA) is 66.1 Å². The first-order valence-corrected chi connectivity index (χ1v) is 7.96. The number of carbonyl (C=O) groups is 2. The molecule has 1 aromatic heterocycles. The number of carbonyl (C=O) groups excluding carboxylic acids is 2. The monoisotopic (exact) mass is 319 g/mol. The van der Waals surface area contributed by atoms with Crippen LogP contribution in [0.3, 0.4) is 0 Å². The summed E-state index contributed by atoms with van der Waals surface area (Å²) in [5.41, 5.74) is 2.87. The lowest BCUT2D eigenvalue weighted by Gasteiger charge is -2.23. The quantitative estimate of drug-likeness (QED) is 0.884. The third kappa shape index (κ3) is 2.29. The zero-order valence-electron chi connectivity index (χ0n) is 13.3. The summed E-state index contributed by atoms with van der Waals surface area (Å²) in [6.45, 7) is 0.534. The minimum Gasteiger partial charge on any atom is -0.367 e. The molecule has 4 rings (SSSR count). The molecule has 5 nitrogen and oxygen atoms in total. The van der Waals surface area contributed by atoms with E-state index in [0.717, 1.165) is 11.3 Å². The van der Waals surface area contributed by atoms with Crippen LogP contribution in [0.25, 0.3) is 5.57 Å². The van der Waals surface area contributed by atoms with E-state index in [4.69, 9.17) is 0 Å². The average Bonchev–Trinajstić information content (AvgIpc) is 3.04. The first-order valence-electron chi connectivity index (χ1n) is 7.96. The van der Waals surface area contributed by atoms with Crippen molar-refractivity contribution in [3.8, 4) is 0 Å². The summed E-state index contributed by atoms with van der Waals surface area (Å²) in [5.74, 6) is -0.491. The number of rotatable bonds is 3. The zero-order chi connectivity index (χ0) is 16.7. The fourth-order valence-corrected chi connectivity index (χ4v) is 3.27. The first kappa shape index (κ1) is 14.6. The Morgan fingerprint density at radius 2 is 2.04 bits per heavy atom. The van der Waals surface area contributed by atoms with Gasteiger partial charge in [0.05, 0.1) is 18.2 Å². The van der Waals surface area contributed by atoms with E-state index in [2.05, 4.69) is 9.97 Å². The lowest BCUT2D eigenvalue weighted by molar-refractivity contribution is -0.117. The molecule has 0 radical (unpaired) electrons. The Kier molecular flexibility index (Phi) is 3.41. The van der Waals surface area contributed by atoms with Crippen molar-refractivity contribution in [2.45, 2.75) is 13.0 Å². The molecule has 1 heterocycles. The van der Waals surface area contributed by atoms with Crippen LogP contribution in [0.4, 0.5) is 5.69 Å². The predicted octanol–water partition coefficient (Wildman–Crippen LogP) is 2.77. The number of nitrogens with one attached hydrogen (secondary N) is 1. The number of benzene rings is 1. The van der Waals surface area contributed by atoms with Crippen LogP contribution in [-0.4, -0.2) is 28.6 Å². The second-order valence-electron chi connectivity index (χ2n) is 6.13. The molecular weight excluding hydrogens is 302 g/mol. The highest BCUT2D eigenvalue weighted by Crippen LogP contribution is 2.36. The third-order valence-electron chi connectivity index (χ3n) is 4.54. The van der Waals surface area contributed by atoms with Crippen LogP contribution in [0.5, 0.6) is 0 Å². The van der Waals surface area contributed by atoms with Crippen molar-refractivity contribution < 1.29 is 9.59 Å². The Bertz CT molecular complexity index is 877. The smallest absolute Gasteiger partial charge is 0.247 e. The van der Waals surface area contributed by atoms with Crippen molar-refractivity contribution in [3.63, 3.8) is 0 Å². The summed E-state index contributed by atoms with van der Waals surface area (Å²) in [6.07, 6.45) is 6.30. The number of allylic oxidation sites excluding steroid dienone is 4. The van der Waals surface area contributed by atoms with Gasteiger partial charge in [0.15, 0.2) is 0 Å². The van der Waals surface area contributed by atoms with Gasteiger partial charge in [-0.15, -0.1) is 0 Å². The van der Waals surface area contributed by atoms with Crippen LogP contribution in [0, 0.1) is 5.92 Å². The van der Waals surface area contributed by atoms with Crippen molar-refractivity contribution in [3.05, 3.63) is 65.8 Å². The molecule has 0 bridgehead atoms. The van der Waals surface area contributed by atoms with Gasteiger partial charge in [0, 0.05) is 12.7 Å². The van der Waals surface area contributed by atoms with Gasteiger partial charge in [-0.25, -0.2) is 4.98 Å². The van der Waals surface area contributed by atoms with Crippen molar-refractivity contribution >= 4 is 22.8 Å². The molecule has 2 aromatic rings. The van der Waals surface area contributed by atoms with E-state index >= 15 is 0 Å². The molecule has 2 aliphatic carbocycles. The molecule has 1 atom stereocenters. The molecule has 2 aliphatic rings. The van der Waals surface area contributed by atoms with Gasteiger partial charge in [-0.1, -0.05) is 36.4 Å². The number of ketones is 2. The van der Waals surface area contributed by atoms with Crippen molar-refractivity contribution in [2.75, 3.05) is 11.9 Å². The average molecular weight is 319 g/mol.